The molecule has 0 fully saturated rings. The molecule has 1 atom stereocenters. The molecule has 23 heavy (non-hydrogen) atoms. The second kappa shape index (κ2) is 4.61. The highest BCUT2D eigenvalue weighted by Gasteiger charge is 2.27. The normalized spacial score (nSPS) is 16.6. The summed E-state index contributed by atoms with van der Waals surface area (Å²) >= 11 is 0. The summed E-state index contributed by atoms with van der Waals surface area (Å²) in [6, 6.07) is 11.9. The Kier molecular flexibility index (Phi) is 2.69. The van der Waals surface area contributed by atoms with Gasteiger partial charge in [-0.25, -0.2) is 9.98 Å². The number of guanidine groups is 1. The van der Waals surface area contributed by atoms with E-state index in [0.717, 1.165) is 22.3 Å². The van der Waals surface area contributed by atoms with Crippen LogP contribution >= 0.6 is 0 Å². The Morgan fingerprint density at radius 1 is 1.35 bits per heavy atom. The van der Waals surface area contributed by atoms with Crippen LogP contribution in [-0.4, -0.2) is 20.1 Å². The number of aliphatic imine (C=N–C) groups is 1. The van der Waals surface area contributed by atoms with E-state index in [-0.39, 0.29) is 6.17 Å². The summed E-state index contributed by atoms with van der Waals surface area (Å²) in [5, 5.41) is 12.3. The third-order valence-electron chi connectivity index (χ3n) is 4.31. The van der Waals surface area contributed by atoms with Crippen molar-refractivity contribution < 1.29 is 0 Å². The van der Waals surface area contributed by atoms with Crippen molar-refractivity contribution in [2.75, 3.05) is 5.32 Å². The van der Waals surface area contributed by atoms with Crippen LogP contribution in [0, 0.1) is 18.3 Å². The monoisotopic (exact) mass is 305 g/mol. The van der Waals surface area contributed by atoms with Crippen LogP contribution in [0.15, 0.2) is 35.3 Å². The van der Waals surface area contributed by atoms with Crippen molar-refractivity contribution in [1.82, 2.24) is 14.1 Å². The van der Waals surface area contributed by atoms with Gasteiger partial charge in [0.15, 0.2) is 12.1 Å². The molecule has 1 unspecified atom stereocenters. The summed E-state index contributed by atoms with van der Waals surface area (Å²) in [4.78, 5) is 9.13. The van der Waals surface area contributed by atoms with Gasteiger partial charge in [0, 0.05) is 18.3 Å². The lowest BCUT2D eigenvalue weighted by Gasteiger charge is -2.23. The van der Waals surface area contributed by atoms with E-state index in [0.29, 0.717) is 17.6 Å². The molecule has 2 aromatic heterocycles. The van der Waals surface area contributed by atoms with Crippen LogP contribution in [-0.2, 0) is 7.05 Å². The zero-order chi connectivity index (χ0) is 16.1. The first-order chi connectivity index (χ1) is 11.1. The average molecular weight is 305 g/mol. The Morgan fingerprint density at radius 2 is 2.13 bits per heavy atom. The van der Waals surface area contributed by atoms with Gasteiger partial charge >= 0.3 is 0 Å². The van der Waals surface area contributed by atoms with E-state index in [1.165, 1.54) is 0 Å². The highest BCUT2D eigenvalue weighted by atomic mass is 15.4. The van der Waals surface area contributed by atoms with Crippen LogP contribution in [0.25, 0.3) is 11.0 Å². The summed E-state index contributed by atoms with van der Waals surface area (Å²) in [5.41, 5.74) is 10.3. The van der Waals surface area contributed by atoms with Gasteiger partial charge in [0.25, 0.3) is 0 Å². The predicted molar refractivity (Wildman–Crippen MR) is 88.0 cm³/mol. The van der Waals surface area contributed by atoms with Crippen molar-refractivity contribution in [1.29, 1.82) is 5.26 Å². The number of hydrogen-bond donors (Lipinski definition) is 2. The lowest BCUT2D eigenvalue weighted by Crippen LogP contribution is -2.31. The fraction of sp³-hybridized carbons (Fsp3) is 0.188. The number of anilines is 1. The van der Waals surface area contributed by atoms with Gasteiger partial charge in [-0.3, -0.25) is 9.88 Å². The Bertz CT molecular complexity index is 1000. The van der Waals surface area contributed by atoms with Crippen LogP contribution in [0.5, 0.6) is 0 Å². The molecular weight excluding hydrogens is 290 g/mol. The number of nitrogens with two attached hydrogens (primary N) is 1. The SMILES string of the molecule is Cc1c(C2N=C(N)Nc3nc4ccccc4n32)cc(C#N)n1C. The molecule has 0 spiro atoms. The number of imidazole rings is 1. The van der Waals surface area contributed by atoms with Crippen molar-refractivity contribution in [3.8, 4) is 6.07 Å². The van der Waals surface area contributed by atoms with Crippen molar-refractivity contribution in [3.05, 3.63) is 47.3 Å². The van der Waals surface area contributed by atoms with Gasteiger partial charge in [-0.05, 0) is 25.1 Å². The van der Waals surface area contributed by atoms with Crippen LogP contribution in [0.3, 0.4) is 0 Å². The van der Waals surface area contributed by atoms with E-state index >= 15 is 0 Å². The molecule has 0 saturated heterocycles. The molecule has 3 heterocycles. The highest BCUT2D eigenvalue weighted by molar-refractivity contribution is 5.94. The Hall–Kier alpha value is -3.27. The van der Waals surface area contributed by atoms with Gasteiger partial charge in [0.2, 0.25) is 5.95 Å². The maximum atomic E-state index is 9.27. The minimum Gasteiger partial charge on any atom is -0.370 e. The number of rotatable bonds is 1. The third-order valence-corrected chi connectivity index (χ3v) is 4.31. The van der Waals surface area contributed by atoms with E-state index in [1.54, 1.807) is 0 Å². The molecule has 0 bridgehead atoms. The summed E-state index contributed by atoms with van der Waals surface area (Å²) in [5.74, 6) is 0.977. The van der Waals surface area contributed by atoms with Crippen LogP contribution in [0.1, 0.15) is 23.1 Å². The number of benzene rings is 1. The van der Waals surface area contributed by atoms with Crippen molar-refractivity contribution >= 4 is 22.9 Å². The van der Waals surface area contributed by atoms with Crippen molar-refractivity contribution in [2.24, 2.45) is 17.8 Å². The Labute approximate surface area is 132 Å². The molecule has 7 heteroatoms. The van der Waals surface area contributed by atoms with Gasteiger partial charge in [-0.2, -0.15) is 5.26 Å². The van der Waals surface area contributed by atoms with Gasteiger partial charge in [-0.1, -0.05) is 12.1 Å². The number of para-hydroxylation sites is 2. The van der Waals surface area contributed by atoms with E-state index in [1.807, 2.05) is 53.4 Å². The molecule has 114 valence electrons. The standard InChI is InChI=1S/C16H15N7/c1-9-11(7-10(8-17)22(9)2)14-20-15(18)21-16-19-12-5-3-4-6-13(12)23(14)16/h3-7,14H,1-2H3,(H3,18,19,20,21). The number of fused-ring (bicyclic) bond motifs is 3. The second-order valence-electron chi connectivity index (χ2n) is 5.55. The van der Waals surface area contributed by atoms with Crippen LogP contribution < -0.4 is 11.1 Å². The number of nitriles is 1. The summed E-state index contributed by atoms with van der Waals surface area (Å²) < 4.78 is 3.87. The number of nitrogens with one attached hydrogen (secondary N) is 1. The zero-order valence-electron chi connectivity index (χ0n) is 12.8. The zero-order valence-corrected chi connectivity index (χ0v) is 12.8. The van der Waals surface area contributed by atoms with E-state index in [9.17, 15) is 5.26 Å². The van der Waals surface area contributed by atoms with Gasteiger partial charge in [-0.15, -0.1) is 0 Å². The number of nitrogens with zero attached hydrogens (tertiary/aromatic N) is 5. The Morgan fingerprint density at radius 3 is 2.87 bits per heavy atom. The van der Waals surface area contributed by atoms with Gasteiger partial charge < -0.3 is 10.3 Å². The topological polar surface area (TPSA) is 96.9 Å². The summed E-state index contributed by atoms with van der Waals surface area (Å²) in [7, 11) is 1.87. The molecule has 3 aromatic rings. The first-order valence-electron chi connectivity index (χ1n) is 7.23. The summed E-state index contributed by atoms with van der Waals surface area (Å²) in [6.45, 7) is 1.97. The van der Waals surface area contributed by atoms with Crippen LogP contribution in [0.2, 0.25) is 0 Å². The molecule has 0 radical (unpaired) electrons. The molecule has 0 amide bonds. The van der Waals surface area contributed by atoms with E-state index in [4.69, 9.17) is 5.73 Å². The first kappa shape index (κ1) is 13.4. The molecule has 1 aliphatic heterocycles. The maximum Gasteiger partial charge on any atom is 0.212 e. The molecule has 0 aliphatic carbocycles. The molecule has 0 saturated carbocycles. The molecular formula is C16H15N7. The highest BCUT2D eigenvalue weighted by Crippen LogP contribution is 2.34. The van der Waals surface area contributed by atoms with E-state index < -0.39 is 0 Å². The van der Waals surface area contributed by atoms with Crippen molar-refractivity contribution in [2.45, 2.75) is 13.1 Å². The third kappa shape index (κ3) is 1.82. The lowest BCUT2D eigenvalue weighted by molar-refractivity contribution is 0.619. The molecule has 3 N–H and O–H groups in total. The van der Waals surface area contributed by atoms with E-state index in [2.05, 4.69) is 21.4 Å². The first-order valence-corrected chi connectivity index (χ1v) is 7.23. The quantitative estimate of drug-likeness (QED) is 0.717. The number of hydrogen-bond acceptors (Lipinski definition) is 5. The molecule has 1 aromatic carbocycles. The van der Waals surface area contributed by atoms with Crippen LogP contribution in [0.4, 0.5) is 5.95 Å². The summed E-state index contributed by atoms with van der Waals surface area (Å²) in [6.07, 6.45) is -0.341. The molecule has 7 nitrogen and oxygen atoms in total. The fourth-order valence-electron chi connectivity index (χ4n) is 3.02. The van der Waals surface area contributed by atoms with Gasteiger partial charge in [0.1, 0.15) is 11.8 Å². The Balaban J connectivity index is 2.00. The molecule has 1 aliphatic rings. The smallest absolute Gasteiger partial charge is 0.212 e. The second-order valence-corrected chi connectivity index (χ2v) is 5.55. The largest absolute Gasteiger partial charge is 0.370 e. The number of aromatic nitrogens is 3. The minimum atomic E-state index is -0.341. The molecule has 4 rings (SSSR count). The van der Waals surface area contributed by atoms with Gasteiger partial charge in [0.05, 0.1) is 11.0 Å². The average Bonchev–Trinajstić information content (AvgIpc) is 3.05. The lowest BCUT2D eigenvalue weighted by atomic mass is 10.1. The maximum absolute atomic E-state index is 9.27. The fourth-order valence-corrected chi connectivity index (χ4v) is 3.02. The predicted octanol–water partition coefficient (Wildman–Crippen LogP) is 1.84. The van der Waals surface area contributed by atoms with Crippen molar-refractivity contribution in [3.63, 3.8) is 0 Å². The minimum absolute atomic E-state index is 0.319.